The Morgan fingerprint density at radius 1 is 1.21 bits per heavy atom. The summed E-state index contributed by atoms with van der Waals surface area (Å²) in [7, 11) is 0. The smallest absolute Gasteiger partial charge is 0.254 e. The molecule has 1 heterocycles. The van der Waals surface area contributed by atoms with E-state index in [-0.39, 0.29) is 35.5 Å². The van der Waals surface area contributed by atoms with Gasteiger partial charge in [0.25, 0.3) is 11.8 Å². The highest BCUT2D eigenvalue weighted by atomic mass is 16.5. The van der Waals surface area contributed by atoms with Crippen LogP contribution in [0.3, 0.4) is 0 Å². The molecule has 2 amide bonds. The Kier molecular flexibility index (Phi) is 3.56. The second kappa shape index (κ2) is 5.74. The van der Waals surface area contributed by atoms with E-state index in [0.717, 1.165) is 17.0 Å². The molecule has 4 atom stereocenters. The Hall–Kier alpha value is -2.69. The number of rotatable bonds is 5. The van der Waals surface area contributed by atoms with E-state index in [9.17, 15) is 9.59 Å². The van der Waals surface area contributed by atoms with Crippen molar-refractivity contribution in [3.8, 4) is 5.75 Å². The Labute approximate surface area is 140 Å². The molecule has 0 spiro atoms. The minimum Gasteiger partial charge on any atom is -0.490 e. The summed E-state index contributed by atoms with van der Waals surface area (Å²) in [6, 6.07) is 7.33. The van der Waals surface area contributed by atoms with E-state index in [1.807, 2.05) is 24.3 Å². The number of ether oxygens (including phenoxy) is 1. The summed E-state index contributed by atoms with van der Waals surface area (Å²) in [4.78, 5) is 25.1. The summed E-state index contributed by atoms with van der Waals surface area (Å²) in [5.74, 6) is 0.324. The van der Waals surface area contributed by atoms with Gasteiger partial charge in [-0.05, 0) is 36.0 Å². The number of fused-ring (bicyclic) bond motifs is 5. The van der Waals surface area contributed by atoms with Gasteiger partial charge in [-0.25, -0.2) is 0 Å². The maximum absolute atomic E-state index is 12.5. The lowest BCUT2D eigenvalue weighted by molar-refractivity contribution is -0.140. The van der Waals surface area contributed by atoms with Crippen molar-refractivity contribution in [3.05, 3.63) is 54.6 Å². The molecule has 4 unspecified atom stereocenters. The van der Waals surface area contributed by atoms with Crippen molar-refractivity contribution in [3.63, 3.8) is 0 Å². The largest absolute Gasteiger partial charge is 0.490 e. The topological polar surface area (TPSA) is 59.0 Å². The molecule has 4 rings (SSSR count). The number of allylic oxidation sites excluding steroid dienone is 2. The van der Waals surface area contributed by atoms with Gasteiger partial charge in [-0.1, -0.05) is 36.9 Å². The maximum atomic E-state index is 12.5. The molecule has 2 fully saturated rings. The Morgan fingerprint density at radius 2 is 1.92 bits per heavy atom. The van der Waals surface area contributed by atoms with Gasteiger partial charge in [0.2, 0.25) is 0 Å². The van der Waals surface area contributed by atoms with Crippen molar-refractivity contribution in [2.75, 3.05) is 6.61 Å². The molecular formula is C19H18N2O3. The number of hydrazone groups is 1. The Bertz CT molecular complexity index is 738. The van der Waals surface area contributed by atoms with Crippen LogP contribution in [-0.2, 0) is 9.59 Å². The SMILES string of the molecule is C=CCOc1cccc(C=NN2C(=O)C3C4C=CC(C4)C3C2=O)c1. The monoisotopic (exact) mass is 322 g/mol. The summed E-state index contributed by atoms with van der Waals surface area (Å²) in [6.45, 7) is 4.03. The molecule has 2 aliphatic carbocycles. The summed E-state index contributed by atoms with van der Waals surface area (Å²) in [5.41, 5.74) is 0.773. The van der Waals surface area contributed by atoms with Crippen LogP contribution in [0.4, 0.5) is 0 Å². The van der Waals surface area contributed by atoms with Crippen LogP contribution in [0.2, 0.25) is 0 Å². The van der Waals surface area contributed by atoms with Gasteiger partial charge in [0, 0.05) is 0 Å². The predicted molar refractivity (Wildman–Crippen MR) is 89.3 cm³/mol. The third kappa shape index (κ3) is 2.28. The molecule has 5 heteroatoms. The first kappa shape index (κ1) is 14.9. The van der Waals surface area contributed by atoms with Crippen molar-refractivity contribution in [1.29, 1.82) is 0 Å². The maximum Gasteiger partial charge on any atom is 0.254 e. The average Bonchev–Trinajstić information content (AvgIpc) is 3.26. The molecule has 24 heavy (non-hydrogen) atoms. The number of hydrogen-bond acceptors (Lipinski definition) is 4. The molecule has 1 aromatic carbocycles. The van der Waals surface area contributed by atoms with Gasteiger partial charge >= 0.3 is 0 Å². The number of benzene rings is 1. The van der Waals surface area contributed by atoms with Crippen molar-refractivity contribution >= 4 is 18.0 Å². The summed E-state index contributed by atoms with van der Waals surface area (Å²) >= 11 is 0. The number of amides is 2. The molecule has 122 valence electrons. The van der Waals surface area contributed by atoms with Crippen LogP contribution in [-0.4, -0.2) is 29.6 Å². The number of carbonyl (C=O) groups excluding carboxylic acids is 2. The van der Waals surface area contributed by atoms with Gasteiger partial charge in [-0.3, -0.25) is 9.59 Å². The molecule has 5 nitrogen and oxygen atoms in total. The molecular weight excluding hydrogens is 304 g/mol. The number of carbonyl (C=O) groups is 2. The van der Waals surface area contributed by atoms with Crippen LogP contribution in [0.5, 0.6) is 5.75 Å². The van der Waals surface area contributed by atoms with Crippen LogP contribution in [0.25, 0.3) is 0 Å². The van der Waals surface area contributed by atoms with Crippen molar-refractivity contribution < 1.29 is 14.3 Å². The Balaban J connectivity index is 1.52. The van der Waals surface area contributed by atoms with Crippen molar-refractivity contribution in [2.45, 2.75) is 6.42 Å². The minimum absolute atomic E-state index is 0.169. The average molecular weight is 322 g/mol. The van der Waals surface area contributed by atoms with Gasteiger partial charge in [0.05, 0.1) is 18.1 Å². The highest BCUT2D eigenvalue weighted by Crippen LogP contribution is 2.52. The van der Waals surface area contributed by atoms with E-state index in [1.165, 1.54) is 6.21 Å². The molecule has 1 saturated carbocycles. The van der Waals surface area contributed by atoms with Gasteiger partial charge in [-0.15, -0.1) is 0 Å². The van der Waals surface area contributed by atoms with E-state index in [2.05, 4.69) is 23.8 Å². The fourth-order valence-electron chi connectivity index (χ4n) is 3.96. The van der Waals surface area contributed by atoms with E-state index in [1.54, 1.807) is 6.08 Å². The molecule has 0 radical (unpaired) electrons. The zero-order valence-corrected chi connectivity index (χ0v) is 13.2. The van der Waals surface area contributed by atoms with E-state index in [0.29, 0.717) is 12.4 Å². The first-order chi connectivity index (χ1) is 11.7. The lowest BCUT2D eigenvalue weighted by Crippen LogP contribution is -2.28. The van der Waals surface area contributed by atoms with Crippen molar-refractivity contribution in [1.82, 2.24) is 5.01 Å². The molecule has 0 aromatic heterocycles. The quantitative estimate of drug-likeness (QED) is 0.475. The van der Waals surface area contributed by atoms with Gasteiger partial charge in [-0.2, -0.15) is 10.1 Å². The predicted octanol–water partition coefficient (Wildman–Crippen LogP) is 2.39. The molecule has 3 aliphatic rings. The van der Waals surface area contributed by atoms with Crippen LogP contribution in [0.15, 0.2) is 54.2 Å². The highest BCUT2D eigenvalue weighted by molar-refractivity contribution is 6.06. The highest BCUT2D eigenvalue weighted by Gasteiger charge is 2.59. The van der Waals surface area contributed by atoms with Crippen LogP contribution in [0.1, 0.15) is 12.0 Å². The third-order valence-corrected chi connectivity index (χ3v) is 5.00. The minimum atomic E-state index is -0.216. The third-order valence-electron chi connectivity index (χ3n) is 5.00. The summed E-state index contributed by atoms with van der Waals surface area (Å²) < 4.78 is 5.47. The molecule has 0 N–H and O–H groups in total. The zero-order valence-electron chi connectivity index (χ0n) is 13.2. The molecule has 1 aliphatic heterocycles. The number of imide groups is 1. The zero-order chi connectivity index (χ0) is 16.7. The Morgan fingerprint density at radius 3 is 2.58 bits per heavy atom. The fourth-order valence-corrected chi connectivity index (χ4v) is 3.96. The second-order valence-electron chi connectivity index (χ2n) is 6.40. The van der Waals surface area contributed by atoms with E-state index < -0.39 is 0 Å². The van der Waals surface area contributed by atoms with E-state index >= 15 is 0 Å². The fraction of sp³-hybridized carbons (Fsp3) is 0.316. The normalized spacial score (nSPS) is 30.4. The molecule has 2 bridgehead atoms. The van der Waals surface area contributed by atoms with Crippen LogP contribution >= 0.6 is 0 Å². The van der Waals surface area contributed by atoms with Crippen LogP contribution in [0, 0.1) is 23.7 Å². The molecule has 1 aromatic rings. The second-order valence-corrected chi connectivity index (χ2v) is 6.40. The van der Waals surface area contributed by atoms with Gasteiger partial charge in [0.15, 0.2) is 0 Å². The van der Waals surface area contributed by atoms with Gasteiger partial charge < -0.3 is 4.74 Å². The van der Waals surface area contributed by atoms with Crippen molar-refractivity contribution in [2.24, 2.45) is 28.8 Å². The standard InChI is InChI=1S/C19H18N2O3/c1-2-8-24-15-5-3-4-12(9-15)11-20-21-18(22)16-13-6-7-14(10-13)17(16)19(21)23/h2-7,9,11,13-14,16-17H,1,8,10H2. The summed E-state index contributed by atoms with van der Waals surface area (Å²) in [6.07, 6.45) is 8.28. The first-order valence-electron chi connectivity index (χ1n) is 8.13. The van der Waals surface area contributed by atoms with E-state index in [4.69, 9.17) is 4.74 Å². The number of nitrogens with zero attached hydrogens (tertiary/aromatic N) is 2. The first-order valence-corrected chi connectivity index (χ1v) is 8.13. The number of hydrogen-bond donors (Lipinski definition) is 0. The summed E-state index contributed by atoms with van der Waals surface area (Å²) in [5, 5.41) is 5.22. The molecule has 1 saturated heterocycles. The van der Waals surface area contributed by atoms with Gasteiger partial charge in [0.1, 0.15) is 12.4 Å². The lowest BCUT2D eigenvalue weighted by Gasteiger charge is -2.13. The van der Waals surface area contributed by atoms with Crippen LogP contribution < -0.4 is 4.74 Å². The lowest BCUT2D eigenvalue weighted by atomic mass is 9.85.